The normalized spacial score (nSPS) is 15.7. The molecule has 112 valence electrons. The first-order valence-corrected chi connectivity index (χ1v) is 8.06. The summed E-state index contributed by atoms with van der Waals surface area (Å²) in [7, 11) is 2.00. The lowest BCUT2D eigenvalue weighted by atomic mass is 9.89. The van der Waals surface area contributed by atoms with Gasteiger partial charge in [0.25, 0.3) is 0 Å². The van der Waals surface area contributed by atoms with E-state index < -0.39 is 0 Å². The largest absolute Gasteiger partial charge is 0.310 e. The third-order valence-electron chi connectivity index (χ3n) is 4.63. The lowest BCUT2D eigenvalue weighted by Gasteiger charge is -2.20. The lowest BCUT2D eigenvalue weighted by molar-refractivity contribution is 0.562. The van der Waals surface area contributed by atoms with E-state index in [0.717, 1.165) is 13.0 Å². The van der Waals surface area contributed by atoms with Crippen LogP contribution in [0.5, 0.6) is 0 Å². The van der Waals surface area contributed by atoms with Gasteiger partial charge in [-0.3, -0.25) is 4.68 Å². The smallest absolute Gasteiger partial charge is 0.0492 e. The zero-order chi connectivity index (χ0) is 14.7. The van der Waals surface area contributed by atoms with Gasteiger partial charge in [-0.15, -0.1) is 0 Å². The van der Waals surface area contributed by atoms with Crippen LogP contribution < -0.4 is 5.32 Å². The summed E-state index contributed by atoms with van der Waals surface area (Å²) in [5, 5.41) is 7.84. The number of benzene rings is 1. The average molecular weight is 283 g/mol. The van der Waals surface area contributed by atoms with E-state index in [1.165, 1.54) is 36.9 Å². The van der Waals surface area contributed by atoms with Crippen LogP contribution in [-0.4, -0.2) is 16.3 Å². The third-order valence-corrected chi connectivity index (χ3v) is 4.63. The Labute approximate surface area is 127 Å². The molecule has 0 aliphatic heterocycles. The van der Waals surface area contributed by atoms with Gasteiger partial charge in [0.15, 0.2) is 0 Å². The maximum absolute atomic E-state index is 4.21. The summed E-state index contributed by atoms with van der Waals surface area (Å²) < 4.78 is 1.95. The molecule has 1 aromatic heterocycles. The van der Waals surface area contributed by atoms with Gasteiger partial charge in [-0.2, -0.15) is 5.10 Å². The zero-order valence-electron chi connectivity index (χ0n) is 13.1. The Bertz CT molecular complexity index is 600. The molecular formula is C18H25N3. The highest BCUT2D eigenvalue weighted by molar-refractivity contribution is 5.35. The van der Waals surface area contributed by atoms with E-state index in [0.29, 0.717) is 6.04 Å². The maximum atomic E-state index is 4.21. The van der Waals surface area contributed by atoms with Gasteiger partial charge in [-0.25, -0.2) is 0 Å². The molecule has 1 aliphatic carbocycles. The molecular weight excluding hydrogens is 258 g/mol. The van der Waals surface area contributed by atoms with Crippen LogP contribution in [0.1, 0.15) is 48.2 Å². The Hall–Kier alpha value is -1.61. The van der Waals surface area contributed by atoms with Gasteiger partial charge in [0.1, 0.15) is 0 Å². The molecule has 3 rings (SSSR count). The fourth-order valence-electron chi connectivity index (χ4n) is 3.20. The SMILES string of the molecule is CC(NCCc1ccnn1C)c1ccc2c(c1)CCCC2. The average Bonchev–Trinajstić information content (AvgIpc) is 2.92. The molecule has 0 saturated carbocycles. The van der Waals surface area contributed by atoms with Gasteiger partial charge in [-0.1, -0.05) is 18.2 Å². The van der Waals surface area contributed by atoms with Crippen LogP contribution in [0.4, 0.5) is 0 Å². The highest BCUT2D eigenvalue weighted by Crippen LogP contribution is 2.24. The van der Waals surface area contributed by atoms with Crippen LogP contribution in [0.3, 0.4) is 0 Å². The fraction of sp³-hybridized carbons (Fsp3) is 0.500. The van der Waals surface area contributed by atoms with E-state index >= 15 is 0 Å². The minimum absolute atomic E-state index is 0.408. The molecule has 1 atom stereocenters. The maximum Gasteiger partial charge on any atom is 0.0492 e. The molecule has 1 aromatic carbocycles. The molecule has 2 aromatic rings. The number of aromatic nitrogens is 2. The highest BCUT2D eigenvalue weighted by Gasteiger charge is 2.12. The molecule has 3 nitrogen and oxygen atoms in total. The summed E-state index contributed by atoms with van der Waals surface area (Å²) >= 11 is 0. The van der Waals surface area contributed by atoms with Crippen molar-refractivity contribution in [1.29, 1.82) is 0 Å². The van der Waals surface area contributed by atoms with Crippen molar-refractivity contribution in [3.63, 3.8) is 0 Å². The standard InChI is InChI=1S/C18H25N3/c1-14(19-11-9-18-10-12-20-21(18)2)16-8-7-15-5-3-4-6-17(15)13-16/h7-8,10,12-14,19H,3-6,9,11H2,1-2H3. The van der Waals surface area contributed by atoms with Crippen LogP contribution in [-0.2, 0) is 26.3 Å². The molecule has 1 aliphatic rings. The van der Waals surface area contributed by atoms with E-state index in [9.17, 15) is 0 Å². The molecule has 0 saturated heterocycles. The van der Waals surface area contributed by atoms with Gasteiger partial charge in [-0.05, 0) is 55.4 Å². The Morgan fingerprint density at radius 2 is 2.00 bits per heavy atom. The molecule has 0 spiro atoms. The summed E-state index contributed by atoms with van der Waals surface area (Å²) in [6.07, 6.45) is 8.10. The second kappa shape index (κ2) is 6.44. The first kappa shape index (κ1) is 14.3. The second-order valence-corrected chi connectivity index (χ2v) is 6.11. The van der Waals surface area contributed by atoms with E-state index in [1.807, 2.05) is 17.9 Å². The van der Waals surface area contributed by atoms with E-state index in [2.05, 4.69) is 41.6 Å². The molecule has 0 bridgehead atoms. The van der Waals surface area contributed by atoms with Crippen molar-refractivity contribution in [3.05, 3.63) is 52.8 Å². The monoisotopic (exact) mass is 283 g/mol. The van der Waals surface area contributed by atoms with Crippen molar-refractivity contribution >= 4 is 0 Å². The van der Waals surface area contributed by atoms with Crippen molar-refractivity contribution in [2.45, 2.75) is 45.1 Å². The number of hydrogen-bond acceptors (Lipinski definition) is 2. The van der Waals surface area contributed by atoms with Crippen LogP contribution in [0.25, 0.3) is 0 Å². The summed E-state index contributed by atoms with van der Waals surface area (Å²) in [5.74, 6) is 0. The Kier molecular flexibility index (Phi) is 4.39. The molecule has 0 radical (unpaired) electrons. The topological polar surface area (TPSA) is 29.9 Å². The number of aryl methyl sites for hydroxylation is 3. The molecule has 0 fully saturated rings. The number of fused-ring (bicyclic) bond motifs is 1. The van der Waals surface area contributed by atoms with Gasteiger partial charge in [0.2, 0.25) is 0 Å². The fourth-order valence-corrected chi connectivity index (χ4v) is 3.20. The van der Waals surface area contributed by atoms with Crippen LogP contribution >= 0.6 is 0 Å². The zero-order valence-corrected chi connectivity index (χ0v) is 13.1. The van der Waals surface area contributed by atoms with E-state index in [-0.39, 0.29) is 0 Å². The quantitative estimate of drug-likeness (QED) is 0.913. The molecule has 1 N–H and O–H groups in total. The van der Waals surface area contributed by atoms with E-state index in [1.54, 1.807) is 11.1 Å². The van der Waals surface area contributed by atoms with Crippen molar-refractivity contribution < 1.29 is 0 Å². The predicted octanol–water partition coefficient (Wildman–Crippen LogP) is 3.19. The van der Waals surface area contributed by atoms with Crippen molar-refractivity contribution in [3.8, 4) is 0 Å². The minimum Gasteiger partial charge on any atom is -0.310 e. The van der Waals surface area contributed by atoms with Gasteiger partial charge < -0.3 is 5.32 Å². The number of hydrogen-bond donors (Lipinski definition) is 1. The van der Waals surface area contributed by atoms with Crippen molar-refractivity contribution in [2.75, 3.05) is 6.54 Å². The minimum atomic E-state index is 0.408. The molecule has 3 heteroatoms. The summed E-state index contributed by atoms with van der Waals surface area (Å²) in [4.78, 5) is 0. The first-order valence-electron chi connectivity index (χ1n) is 8.06. The summed E-state index contributed by atoms with van der Waals surface area (Å²) in [6.45, 7) is 3.24. The Morgan fingerprint density at radius 1 is 1.19 bits per heavy atom. The van der Waals surface area contributed by atoms with Gasteiger partial charge in [0.05, 0.1) is 0 Å². The van der Waals surface area contributed by atoms with Gasteiger partial charge in [0, 0.05) is 37.9 Å². The van der Waals surface area contributed by atoms with Crippen LogP contribution in [0, 0.1) is 0 Å². The highest BCUT2D eigenvalue weighted by atomic mass is 15.3. The van der Waals surface area contributed by atoms with E-state index in [4.69, 9.17) is 0 Å². The molecule has 21 heavy (non-hydrogen) atoms. The molecule has 0 amide bonds. The number of rotatable bonds is 5. The Balaban J connectivity index is 1.58. The lowest BCUT2D eigenvalue weighted by Crippen LogP contribution is -2.22. The predicted molar refractivity (Wildman–Crippen MR) is 86.4 cm³/mol. The summed E-state index contributed by atoms with van der Waals surface area (Å²) in [6, 6.07) is 9.54. The number of nitrogens with one attached hydrogen (secondary N) is 1. The molecule has 1 heterocycles. The van der Waals surface area contributed by atoms with Crippen LogP contribution in [0.2, 0.25) is 0 Å². The summed E-state index contributed by atoms with van der Waals surface area (Å²) in [5.41, 5.74) is 5.83. The Morgan fingerprint density at radius 3 is 2.76 bits per heavy atom. The molecule has 1 unspecified atom stereocenters. The third kappa shape index (κ3) is 3.35. The van der Waals surface area contributed by atoms with Gasteiger partial charge >= 0.3 is 0 Å². The van der Waals surface area contributed by atoms with Crippen molar-refractivity contribution in [2.24, 2.45) is 7.05 Å². The first-order chi connectivity index (χ1) is 10.2. The number of nitrogens with zero attached hydrogens (tertiary/aromatic N) is 2. The van der Waals surface area contributed by atoms with Crippen LogP contribution in [0.15, 0.2) is 30.5 Å². The second-order valence-electron chi connectivity index (χ2n) is 6.11. The van der Waals surface area contributed by atoms with Crippen molar-refractivity contribution in [1.82, 2.24) is 15.1 Å².